The standard InChI is InChI=1S/C14H19FN2O3/c1-5-17(16-13(19)20-14(2,3)4)12(18)10-6-8-11(15)9-7-10/h6-9H,5H2,1-4H3,(H,16,19). The van der Waals surface area contributed by atoms with Crippen LogP contribution in [0.15, 0.2) is 24.3 Å². The molecule has 0 radical (unpaired) electrons. The third kappa shape index (κ3) is 4.87. The van der Waals surface area contributed by atoms with E-state index in [9.17, 15) is 14.0 Å². The maximum atomic E-state index is 12.8. The molecule has 5 nitrogen and oxygen atoms in total. The fourth-order valence-electron chi connectivity index (χ4n) is 1.43. The molecule has 20 heavy (non-hydrogen) atoms. The van der Waals surface area contributed by atoms with Gasteiger partial charge in [-0.3, -0.25) is 4.79 Å². The van der Waals surface area contributed by atoms with E-state index in [2.05, 4.69) is 5.43 Å². The molecule has 2 amide bonds. The molecule has 110 valence electrons. The average molecular weight is 282 g/mol. The summed E-state index contributed by atoms with van der Waals surface area (Å²) in [4.78, 5) is 23.8. The molecule has 0 aromatic heterocycles. The van der Waals surface area contributed by atoms with E-state index in [1.165, 1.54) is 24.3 Å². The van der Waals surface area contributed by atoms with Crippen molar-refractivity contribution in [2.75, 3.05) is 6.54 Å². The highest BCUT2D eigenvalue weighted by atomic mass is 19.1. The highest BCUT2D eigenvalue weighted by molar-refractivity contribution is 5.94. The fraction of sp³-hybridized carbons (Fsp3) is 0.429. The zero-order chi connectivity index (χ0) is 15.3. The number of ether oxygens (including phenoxy) is 1. The predicted octanol–water partition coefficient (Wildman–Crippen LogP) is 2.73. The summed E-state index contributed by atoms with van der Waals surface area (Å²) in [5, 5.41) is 1.11. The van der Waals surface area contributed by atoms with Crippen LogP contribution in [0.3, 0.4) is 0 Å². The highest BCUT2D eigenvalue weighted by Gasteiger charge is 2.21. The van der Waals surface area contributed by atoms with Gasteiger partial charge < -0.3 is 4.74 Å². The van der Waals surface area contributed by atoms with Crippen LogP contribution in [0.25, 0.3) is 0 Å². The average Bonchev–Trinajstić information content (AvgIpc) is 2.34. The van der Waals surface area contributed by atoms with Crippen LogP contribution in [0.2, 0.25) is 0 Å². The van der Waals surface area contributed by atoms with Gasteiger partial charge in [0.25, 0.3) is 5.91 Å². The topological polar surface area (TPSA) is 58.6 Å². The molecule has 0 bridgehead atoms. The normalized spacial score (nSPS) is 10.8. The van der Waals surface area contributed by atoms with E-state index in [4.69, 9.17) is 4.74 Å². The van der Waals surface area contributed by atoms with Crippen molar-refractivity contribution in [2.45, 2.75) is 33.3 Å². The number of hydrogen-bond acceptors (Lipinski definition) is 3. The molecular formula is C14H19FN2O3. The van der Waals surface area contributed by atoms with Crippen molar-refractivity contribution in [3.05, 3.63) is 35.6 Å². The van der Waals surface area contributed by atoms with Crippen LogP contribution in [0.1, 0.15) is 38.1 Å². The Kier molecular flexibility index (Phi) is 5.07. The summed E-state index contributed by atoms with van der Waals surface area (Å²) in [6.07, 6.45) is -0.713. The molecule has 0 heterocycles. The number of nitrogens with one attached hydrogen (secondary N) is 1. The van der Waals surface area contributed by atoms with Gasteiger partial charge in [0, 0.05) is 12.1 Å². The van der Waals surface area contributed by atoms with Crippen LogP contribution in [0, 0.1) is 5.82 Å². The summed E-state index contributed by atoms with van der Waals surface area (Å²) in [5.41, 5.74) is 2.00. The van der Waals surface area contributed by atoms with Crippen LogP contribution in [0.4, 0.5) is 9.18 Å². The Morgan fingerprint density at radius 1 is 1.25 bits per heavy atom. The third-order valence-electron chi connectivity index (χ3n) is 2.28. The number of nitrogens with zero attached hydrogens (tertiary/aromatic N) is 1. The van der Waals surface area contributed by atoms with Crippen LogP contribution < -0.4 is 5.43 Å². The van der Waals surface area contributed by atoms with Crippen LogP contribution in [-0.2, 0) is 4.74 Å². The second kappa shape index (κ2) is 6.36. The molecule has 0 unspecified atom stereocenters. The van der Waals surface area contributed by atoms with Crippen LogP contribution in [0.5, 0.6) is 0 Å². The Bertz CT molecular complexity index is 480. The lowest BCUT2D eigenvalue weighted by Crippen LogP contribution is -2.47. The largest absolute Gasteiger partial charge is 0.443 e. The highest BCUT2D eigenvalue weighted by Crippen LogP contribution is 2.08. The number of halogens is 1. The lowest BCUT2D eigenvalue weighted by molar-refractivity contribution is 0.0302. The first kappa shape index (κ1) is 15.9. The van der Waals surface area contributed by atoms with E-state index in [0.717, 1.165) is 5.01 Å². The maximum Gasteiger partial charge on any atom is 0.426 e. The first-order valence-electron chi connectivity index (χ1n) is 6.30. The zero-order valence-corrected chi connectivity index (χ0v) is 12.1. The molecule has 6 heteroatoms. The smallest absolute Gasteiger partial charge is 0.426 e. The number of hydrogen-bond donors (Lipinski definition) is 1. The zero-order valence-electron chi connectivity index (χ0n) is 12.1. The van der Waals surface area contributed by atoms with Gasteiger partial charge in [-0.1, -0.05) is 0 Å². The molecule has 0 atom stereocenters. The van der Waals surface area contributed by atoms with Crippen molar-refractivity contribution in [2.24, 2.45) is 0 Å². The van der Waals surface area contributed by atoms with Gasteiger partial charge in [0.15, 0.2) is 0 Å². The minimum absolute atomic E-state index is 0.259. The quantitative estimate of drug-likeness (QED) is 0.848. The molecule has 1 aromatic carbocycles. The molecule has 0 aliphatic heterocycles. The van der Waals surface area contributed by atoms with Crippen molar-refractivity contribution in [3.8, 4) is 0 Å². The minimum atomic E-state index is -0.713. The number of carbonyl (C=O) groups is 2. The SMILES string of the molecule is CCN(NC(=O)OC(C)(C)C)C(=O)c1ccc(F)cc1. The van der Waals surface area contributed by atoms with Crippen molar-refractivity contribution in [1.29, 1.82) is 0 Å². The summed E-state index contributed by atoms with van der Waals surface area (Å²) < 4.78 is 17.9. The van der Waals surface area contributed by atoms with Gasteiger partial charge in [0.2, 0.25) is 0 Å². The van der Waals surface area contributed by atoms with Gasteiger partial charge >= 0.3 is 6.09 Å². The van der Waals surface area contributed by atoms with Gasteiger partial charge in [0.1, 0.15) is 11.4 Å². The van der Waals surface area contributed by atoms with Crippen molar-refractivity contribution >= 4 is 12.0 Å². The molecule has 0 aliphatic rings. The van der Waals surface area contributed by atoms with Gasteiger partial charge in [0.05, 0.1) is 0 Å². The molecule has 1 rings (SSSR count). The van der Waals surface area contributed by atoms with Gasteiger partial charge in [-0.15, -0.1) is 0 Å². The van der Waals surface area contributed by atoms with E-state index in [-0.39, 0.29) is 12.1 Å². The van der Waals surface area contributed by atoms with Crippen molar-refractivity contribution < 1.29 is 18.7 Å². The number of rotatable bonds is 2. The van der Waals surface area contributed by atoms with Crippen molar-refractivity contribution in [1.82, 2.24) is 10.4 Å². The fourth-order valence-corrected chi connectivity index (χ4v) is 1.43. The number of carbonyl (C=O) groups excluding carboxylic acids is 2. The first-order chi connectivity index (χ1) is 9.23. The van der Waals surface area contributed by atoms with Gasteiger partial charge in [-0.25, -0.2) is 19.6 Å². The predicted molar refractivity (Wildman–Crippen MR) is 72.5 cm³/mol. The molecule has 0 spiro atoms. The lowest BCUT2D eigenvalue weighted by atomic mass is 10.2. The molecule has 1 aromatic rings. The number of hydrazine groups is 1. The van der Waals surface area contributed by atoms with Gasteiger partial charge in [-0.05, 0) is 52.0 Å². The Morgan fingerprint density at radius 3 is 2.25 bits per heavy atom. The Labute approximate surface area is 117 Å². The second-order valence-electron chi connectivity index (χ2n) is 5.17. The molecule has 1 N–H and O–H groups in total. The van der Waals surface area contributed by atoms with Crippen molar-refractivity contribution in [3.63, 3.8) is 0 Å². The second-order valence-corrected chi connectivity index (χ2v) is 5.17. The van der Waals surface area contributed by atoms with E-state index < -0.39 is 23.4 Å². The monoisotopic (exact) mass is 282 g/mol. The Hall–Kier alpha value is -2.11. The summed E-state index contributed by atoms with van der Waals surface area (Å²) in [5.74, 6) is -0.858. The molecule has 0 saturated carbocycles. The van der Waals surface area contributed by atoms with Crippen LogP contribution >= 0.6 is 0 Å². The summed E-state index contributed by atoms with van der Waals surface area (Å²) >= 11 is 0. The lowest BCUT2D eigenvalue weighted by Gasteiger charge is -2.25. The van der Waals surface area contributed by atoms with E-state index in [0.29, 0.717) is 0 Å². The first-order valence-corrected chi connectivity index (χ1v) is 6.30. The molecule has 0 aliphatic carbocycles. The minimum Gasteiger partial charge on any atom is -0.443 e. The summed E-state index contributed by atoms with van der Waals surface area (Å²) in [7, 11) is 0. The Morgan fingerprint density at radius 2 is 1.80 bits per heavy atom. The van der Waals surface area contributed by atoms with Gasteiger partial charge in [-0.2, -0.15) is 0 Å². The third-order valence-corrected chi connectivity index (χ3v) is 2.28. The molecule has 0 fully saturated rings. The van der Waals surface area contributed by atoms with Crippen LogP contribution in [-0.4, -0.2) is 29.2 Å². The maximum absolute atomic E-state index is 12.8. The summed E-state index contributed by atoms with van der Waals surface area (Å²) in [6.45, 7) is 7.15. The summed E-state index contributed by atoms with van der Waals surface area (Å²) in [6, 6.07) is 5.09. The molecular weight excluding hydrogens is 263 g/mol. The molecule has 0 saturated heterocycles. The van der Waals surface area contributed by atoms with E-state index >= 15 is 0 Å². The number of benzene rings is 1. The number of amides is 2. The Balaban J connectivity index is 2.73. The van der Waals surface area contributed by atoms with E-state index in [1.54, 1.807) is 27.7 Å². The van der Waals surface area contributed by atoms with E-state index in [1.807, 2.05) is 0 Å².